The molecule has 0 bridgehead atoms. The Morgan fingerprint density at radius 2 is 2.29 bits per heavy atom. The molecule has 5 nitrogen and oxygen atoms in total. The van der Waals surface area contributed by atoms with Crippen LogP contribution in [0.5, 0.6) is 0 Å². The number of carbonyl (C=O) groups excluding carboxylic acids is 1. The Labute approximate surface area is 105 Å². The van der Waals surface area contributed by atoms with E-state index < -0.39 is 0 Å². The topological polar surface area (TPSA) is 80.0 Å². The van der Waals surface area contributed by atoms with Gasteiger partial charge in [0.25, 0.3) is 5.91 Å². The molecule has 94 valence electrons. The average molecular weight is 254 g/mol. The van der Waals surface area contributed by atoms with Crippen LogP contribution in [-0.2, 0) is 0 Å². The standard InChI is InChI=1S/C11H18N4OS/c1-6-4-3-5-7(6)14-11-8(10(16)13-2)9(12)15-17-11/h6-7,14H,3-5H2,1-2H3,(H2,12,15)(H,13,16). The van der Waals surface area contributed by atoms with Gasteiger partial charge in [-0.1, -0.05) is 13.3 Å². The molecule has 1 amide bonds. The van der Waals surface area contributed by atoms with Crippen molar-refractivity contribution in [2.75, 3.05) is 18.1 Å². The maximum atomic E-state index is 11.7. The quantitative estimate of drug-likeness (QED) is 0.766. The Balaban J connectivity index is 2.18. The molecule has 4 N–H and O–H groups in total. The summed E-state index contributed by atoms with van der Waals surface area (Å²) in [5.41, 5.74) is 6.21. The van der Waals surface area contributed by atoms with Gasteiger partial charge in [0.1, 0.15) is 10.6 Å². The van der Waals surface area contributed by atoms with Gasteiger partial charge in [-0.2, -0.15) is 4.37 Å². The summed E-state index contributed by atoms with van der Waals surface area (Å²) in [5.74, 6) is 0.766. The minimum atomic E-state index is -0.176. The van der Waals surface area contributed by atoms with Crippen LogP contribution in [0.4, 0.5) is 10.8 Å². The summed E-state index contributed by atoms with van der Waals surface area (Å²) in [6.45, 7) is 2.23. The van der Waals surface area contributed by atoms with Crippen molar-refractivity contribution in [2.24, 2.45) is 5.92 Å². The van der Waals surface area contributed by atoms with Crippen molar-refractivity contribution >= 4 is 28.3 Å². The molecule has 0 radical (unpaired) electrons. The van der Waals surface area contributed by atoms with Crippen LogP contribution in [0, 0.1) is 5.92 Å². The molecule has 0 aromatic carbocycles. The second-order valence-electron chi connectivity index (χ2n) is 4.51. The second kappa shape index (κ2) is 4.91. The Kier molecular flexibility index (Phi) is 3.51. The molecule has 1 aliphatic carbocycles. The highest BCUT2D eigenvalue weighted by Crippen LogP contribution is 2.33. The fourth-order valence-corrected chi connectivity index (χ4v) is 3.05. The number of nitrogens with one attached hydrogen (secondary N) is 2. The molecule has 0 saturated heterocycles. The zero-order chi connectivity index (χ0) is 12.4. The molecule has 0 aliphatic heterocycles. The van der Waals surface area contributed by atoms with Crippen LogP contribution < -0.4 is 16.4 Å². The van der Waals surface area contributed by atoms with Gasteiger partial charge in [0.15, 0.2) is 5.82 Å². The minimum absolute atomic E-state index is 0.176. The SMILES string of the molecule is CNC(=O)c1c(N)nsc1NC1CCCC1C. The lowest BCUT2D eigenvalue weighted by Gasteiger charge is -2.17. The summed E-state index contributed by atoms with van der Waals surface area (Å²) >= 11 is 1.26. The van der Waals surface area contributed by atoms with Gasteiger partial charge in [-0.15, -0.1) is 0 Å². The minimum Gasteiger partial charge on any atom is -0.382 e. The van der Waals surface area contributed by atoms with E-state index in [4.69, 9.17) is 5.73 Å². The molecule has 2 rings (SSSR count). The number of nitrogens with zero attached hydrogens (tertiary/aromatic N) is 1. The zero-order valence-electron chi connectivity index (χ0n) is 10.1. The van der Waals surface area contributed by atoms with E-state index in [1.165, 1.54) is 24.4 Å². The highest BCUT2D eigenvalue weighted by atomic mass is 32.1. The first kappa shape index (κ1) is 12.2. The molecule has 1 fully saturated rings. The molecule has 1 aromatic heterocycles. The van der Waals surface area contributed by atoms with Crippen molar-refractivity contribution in [3.63, 3.8) is 0 Å². The molecular formula is C11H18N4OS. The monoisotopic (exact) mass is 254 g/mol. The molecule has 0 spiro atoms. The predicted octanol–water partition coefficient (Wildman–Crippen LogP) is 1.69. The van der Waals surface area contributed by atoms with Crippen molar-refractivity contribution < 1.29 is 4.79 Å². The zero-order valence-corrected chi connectivity index (χ0v) is 10.9. The van der Waals surface area contributed by atoms with E-state index in [0.29, 0.717) is 23.3 Å². The maximum Gasteiger partial charge on any atom is 0.257 e. The van der Waals surface area contributed by atoms with Crippen LogP contribution in [0.3, 0.4) is 0 Å². The fourth-order valence-electron chi connectivity index (χ4n) is 2.27. The van der Waals surface area contributed by atoms with Crippen molar-refractivity contribution in [3.05, 3.63) is 5.56 Å². The number of aromatic nitrogens is 1. The van der Waals surface area contributed by atoms with Crippen molar-refractivity contribution in [3.8, 4) is 0 Å². The third-order valence-electron chi connectivity index (χ3n) is 3.35. The molecular weight excluding hydrogens is 236 g/mol. The van der Waals surface area contributed by atoms with Crippen LogP contribution in [0.1, 0.15) is 36.5 Å². The molecule has 2 atom stereocenters. The van der Waals surface area contributed by atoms with Crippen LogP contribution in [0.15, 0.2) is 0 Å². The van der Waals surface area contributed by atoms with Gasteiger partial charge in [0.2, 0.25) is 0 Å². The van der Waals surface area contributed by atoms with Crippen LogP contribution in [-0.4, -0.2) is 23.4 Å². The van der Waals surface area contributed by atoms with Gasteiger partial charge >= 0.3 is 0 Å². The van der Waals surface area contributed by atoms with Crippen molar-refractivity contribution in [1.29, 1.82) is 0 Å². The number of anilines is 2. The molecule has 1 heterocycles. The first-order valence-electron chi connectivity index (χ1n) is 5.87. The number of nitrogen functional groups attached to an aromatic ring is 1. The highest BCUT2D eigenvalue weighted by molar-refractivity contribution is 7.11. The molecule has 6 heteroatoms. The largest absolute Gasteiger partial charge is 0.382 e. The van der Waals surface area contributed by atoms with Gasteiger partial charge in [-0.3, -0.25) is 4.79 Å². The van der Waals surface area contributed by atoms with Gasteiger partial charge in [-0.25, -0.2) is 0 Å². The van der Waals surface area contributed by atoms with Gasteiger partial charge in [0.05, 0.1) is 0 Å². The fraction of sp³-hybridized carbons (Fsp3) is 0.636. The molecule has 1 aliphatic rings. The van der Waals surface area contributed by atoms with Crippen LogP contribution >= 0.6 is 11.5 Å². The van der Waals surface area contributed by atoms with E-state index in [1.54, 1.807) is 7.05 Å². The number of carbonyl (C=O) groups is 1. The summed E-state index contributed by atoms with van der Waals surface area (Å²) < 4.78 is 4.05. The number of amides is 1. The van der Waals surface area contributed by atoms with E-state index in [0.717, 1.165) is 11.4 Å². The summed E-state index contributed by atoms with van der Waals surface area (Å²) in [5, 5.41) is 6.80. The number of nitrogens with two attached hydrogens (primary N) is 1. The van der Waals surface area contributed by atoms with Crippen LogP contribution in [0.25, 0.3) is 0 Å². The van der Waals surface area contributed by atoms with Crippen molar-refractivity contribution in [2.45, 2.75) is 32.2 Å². The van der Waals surface area contributed by atoms with E-state index in [1.807, 2.05) is 0 Å². The van der Waals surface area contributed by atoms with E-state index >= 15 is 0 Å². The second-order valence-corrected chi connectivity index (χ2v) is 5.28. The Bertz CT molecular complexity index is 418. The lowest BCUT2D eigenvalue weighted by Crippen LogP contribution is -2.25. The van der Waals surface area contributed by atoms with Gasteiger partial charge < -0.3 is 16.4 Å². The van der Waals surface area contributed by atoms with Crippen LogP contribution in [0.2, 0.25) is 0 Å². The third-order valence-corrected chi connectivity index (χ3v) is 4.14. The Hall–Kier alpha value is -1.30. The van der Waals surface area contributed by atoms with Crippen molar-refractivity contribution in [1.82, 2.24) is 9.69 Å². The predicted molar refractivity (Wildman–Crippen MR) is 70.3 cm³/mol. The Morgan fingerprint density at radius 1 is 1.53 bits per heavy atom. The smallest absolute Gasteiger partial charge is 0.257 e. The van der Waals surface area contributed by atoms with Gasteiger partial charge in [-0.05, 0) is 30.3 Å². The first-order chi connectivity index (χ1) is 8.13. The molecule has 17 heavy (non-hydrogen) atoms. The lowest BCUT2D eigenvalue weighted by molar-refractivity contribution is 0.0965. The highest BCUT2D eigenvalue weighted by Gasteiger charge is 2.26. The molecule has 2 unspecified atom stereocenters. The maximum absolute atomic E-state index is 11.7. The summed E-state index contributed by atoms with van der Waals surface area (Å²) in [7, 11) is 1.60. The average Bonchev–Trinajstić information content (AvgIpc) is 2.86. The van der Waals surface area contributed by atoms with E-state index in [9.17, 15) is 4.79 Å². The normalized spacial score (nSPS) is 23.6. The number of hydrogen-bond donors (Lipinski definition) is 3. The third kappa shape index (κ3) is 2.36. The number of hydrogen-bond acceptors (Lipinski definition) is 5. The first-order valence-corrected chi connectivity index (χ1v) is 6.64. The number of rotatable bonds is 3. The van der Waals surface area contributed by atoms with E-state index in [-0.39, 0.29) is 5.91 Å². The Morgan fingerprint density at radius 3 is 2.88 bits per heavy atom. The molecule has 1 saturated carbocycles. The summed E-state index contributed by atoms with van der Waals surface area (Å²) in [4.78, 5) is 11.7. The summed E-state index contributed by atoms with van der Waals surface area (Å²) in [6, 6.07) is 0.429. The molecule has 1 aromatic rings. The van der Waals surface area contributed by atoms with E-state index in [2.05, 4.69) is 21.9 Å². The van der Waals surface area contributed by atoms with Gasteiger partial charge in [0, 0.05) is 13.1 Å². The summed E-state index contributed by atoms with van der Waals surface area (Å²) in [6.07, 6.45) is 3.62. The lowest BCUT2D eigenvalue weighted by atomic mass is 10.1.